The van der Waals surface area contributed by atoms with Gasteiger partial charge in [0.1, 0.15) is 16.5 Å². The minimum Gasteiger partial charge on any atom is -0.323 e. The zero-order valence-electron chi connectivity index (χ0n) is 15.7. The molecule has 0 aliphatic heterocycles. The van der Waals surface area contributed by atoms with Gasteiger partial charge in [0, 0.05) is 16.3 Å². The van der Waals surface area contributed by atoms with Crippen LogP contribution >= 0.6 is 11.8 Å². The zero-order chi connectivity index (χ0) is 20.2. The number of amides is 1. The summed E-state index contributed by atoms with van der Waals surface area (Å²) in [6.45, 7) is 1.77. The van der Waals surface area contributed by atoms with Crippen LogP contribution in [0, 0.1) is 5.82 Å². The topological polar surface area (TPSA) is 54.9 Å². The van der Waals surface area contributed by atoms with Gasteiger partial charge in [-0.15, -0.1) is 10.2 Å². The Balaban J connectivity index is 1.61. The van der Waals surface area contributed by atoms with Crippen LogP contribution in [0.3, 0.4) is 0 Å². The van der Waals surface area contributed by atoms with Crippen molar-refractivity contribution in [2.24, 2.45) is 0 Å². The van der Waals surface area contributed by atoms with Gasteiger partial charge in [0.05, 0.1) is 10.9 Å². The van der Waals surface area contributed by atoms with Crippen LogP contribution in [0.15, 0.2) is 83.9 Å². The molecule has 0 aliphatic rings. The van der Waals surface area contributed by atoms with Crippen LogP contribution in [0.4, 0.5) is 10.1 Å². The third-order valence-corrected chi connectivity index (χ3v) is 5.58. The van der Waals surface area contributed by atoms with Crippen molar-refractivity contribution in [3.63, 3.8) is 0 Å². The van der Waals surface area contributed by atoms with Crippen LogP contribution in [0.2, 0.25) is 0 Å². The van der Waals surface area contributed by atoms with Crippen molar-refractivity contribution in [3.8, 4) is 11.3 Å². The monoisotopic (exact) mass is 403 g/mol. The maximum atomic E-state index is 13.8. The molecular weight excluding hydrogens is 385 g/mol. The van der Waals surface area contributed by atoms with Gasteiger partial charge in [-0.1, -0.05) is 78.5 Å². The molecule has 4 rings (SSSR count). The van der Waals surface area contributed by atoms with E-state index in [9.17, 15) is 9.18 Å². The molecule has 0 aliphatic carbocycles. The van der Waals surface area contributed by atoms with Crippen molar-refractivity contribution in [2.75, 3.05) is 5.32 Å². The van der Waals surface area contributed by atoms with Crippen molar-refractivity contribution < 1.29 is 9.18 Å². The molecule has 0 spiro atoms. The molecular formula is C23H18FN3OS. The molecule has 1 N–H and O–H groups in total. The lowest BCUT2D eigenvalue weighted by Gasteiger charge is -2.14. The fourth-order valence-corrected chi connectivity index (χ4v) is 3.89. The van der Waals surface area contributed by atoms with E-state index in [4.69, 9.17) is 0 Å². The number of aromatic nitrogens is 2. The standard InChI is InChI=1S/C23H18FN3OS/c1-15(22(28)25-20-14-8-7-13-19(20)24)29-23-18-12-6-5-11-17(18)21(26-27-23)16-9-3-2-4-10-16/h2-15H,1H3,(H,25,28)/t15-/m0/s1. The van der Waals surface area contributed by atoms with Gasteiger partial charge in [0.15, 0.2) is 0 Å². The Morgan fingerprint density at radius 1 is 0.897 bits per heavy atom. The van der Waals surface area contributed by atoms with Crippen molar-refractivity contribution >= 4 is 34.1 Å². The molecule has 0 unspecified atom stereocenters. The molecule has 4 aromatic rings. The number of para-hydroxylation sites is 1. The number of hydrogen-bond donors (Lipinski definition) is 1. The molecule has 144 valence electrons. The Hall–Kier alpha value is -3.25. The summed E-state index contributed by atoms with van der Waals surface area (Å²) in [7, 11) is 0. The van der Waals surface area contributed by atoms with Gasteiger partial charge >= 0.3 is 0 Å². The quantitative estimate of drug-likeness (QED) is 0.444. The molecule has 0 radical (unpaired) electrons. The summed E-state index contributed by atoms with van der Waals surface area (Å²) in [4.78, 5) is 12.5. The number of carbonyl (C=O) groups is 1. The van der Waals surface area contributed by atoms with Crippen molar-refractivity contribution in [2.45, 2.75) is 17.2 Å². The number of benzene rings is 3. The fourth-order valence-electron chi connectivity index (χ4n) is 2.99. The van der Waals surface area contributed by atoms with E-state index in [2.05, 4.69) is 15.5 Å². The Morgan fingerprint density at radius 3 is 2.31 bits per heavy atom. The lowest BCUT2D eigenvalue weighted by molar-refractivity contribution is -0.115. The molecule has 6 heteroatoms. The lowest BCUT2D eigenvalue weighted by Crippen LogP contribution is -2.23. The number of hydrogen-bond acceptors (Lipinski definition) is 4. The van der Waals surface area contributed by atoms with Crippen LogP contribution < -0.4 is 5.32 Å². The van der Waals surface area contributed by atoms with E-state index >= 15 is 0 Å². The number of anilines is 1. The predicted molar refractivity (Wildman–Crippen MR) is 115 cm³/mol. The second kappa shape index (κ2) is 8.41. The van der Waals surface area contributed by atoms with Crippen molar-refractivity contribution in [1.82, 2.24) is 10.2 Å². The Morgan fingerprint density at radius 2 is 1.55 bits per heavy atom. The lowest BCUT2D eigenvalue weighted by atomic mass is 10.1. The molecule has 1 aromatic heterocycles. The molecule has 0 saturated heterocycles. The summed E-state index contributed by atoms with van der Waals surface area (Å²) in [6.07, 6.45) is 0. The maximum Gasteiger partial charge on any atom is 0.237 e. The van der Waals surface area contributed by atoms with E-state index in [0.29, 0.717) is 5.03 Å². The van der Waals surface area contributed by atoms with E-state index in [1.807, 2.05) is 54.6 Å². The van der Waals surface area contributed by atoms with Crippen LogP contribution in [0.1, 0.15) is 6.92 Å². The Bertz CT molecular complexity index is 1170. The summed E-state index contributed by atoms with van der Waals surface area (Å²) in [5.41, 5.74) is 1.95. The van der Waals surface area contributed by atoms with E-state index in [-0.39, 0.29) is 11.6 Å². The first-order valence-electron chi connectivity index (χ1n) is 9.16. The highest BCUT2D eigenvalue weighted by Gasteiger charge is 2.19. The van der Waals surface area contributed by atoms with E-state index in [0.717, 1.165) is 22.0 Å². The van der Waals surface area contributed by atoms with Crippen LogP contribution in [-0.4, -0.2) is 21.4 Å². The highest BCUT2D eigenvalue weighted by Crippen LogP contribution is 2.33. The molecule has 3 aromatic carbocycles. The number of rotatable bonds is 5. The van der Waals surface area contributed by atoms with E-state index < -0.39 is 11.1 Å². The minimum atomic E-state index is -0.477. The van der Waals surface area contributed by atoms with E-state index in [1.165, 1.54) is 23.9 Å². The average molecular weight is 403 g/mol. The second-order valence-corrected chi connectivity index (χ2v) is 7.82. The zero-order valence-corrected chi connectivity index (χ0v) is 16.5. The van der Waals surface area contributed by atoms with Crippen LogP contribution in [-0.2, 0) is 4.79 Å². The summed E-state index contributed by atoms with van der Waals surface area (Å²) < 4.78 is 13.8. The number of nitrogens with one attached hydrogen (secondary N) is 1. The number of halogens is 1. The molecule has 0 saturated carbocycles. The minimum absolute atomic E-state index is 0.167. The normalized spacial score (nSPS) is 11.9. The number of nitrogens with zero attached hydrogens (tertiary/aromatic N) is 2. The molecule has 0 bridgehead atoms. The van der Waals surface area contributed by atoms with Gasteiger partial charge in [-0.25, -0.2) is 4.39 Å². The average Bonchev–Trinajstić information content (AvgIpc) is 2.76. The van der Waals surface area contributed by atoms with Gasteiger partial charge in [-0.2, -0.15) is 0 Å². The maximum absolute atomic E-state index is 13.8. The number of fused-ring (bicyclic) bond motifs is 1. The molecule has 1 amide bonds. The first-order valence-corrected chi connectivity index (χ1v) is 10.0. The highest BCUT2D eigenvalue weighted by molar-refractivity contribution is 8.00. The third kappa shape index (κ3) is 4.12. The fraction of sp³-hybridized carbons (Fsp3) is 0.0870. The Kier molecular flexibility index (Phi) is 5.53. The van der Waals surface area contributed by atoms with Gasteiger partial charge in [-0.3, -0.25) is 4.79 Å². The van der Waals surface area contributed by atoms with Gasteiger partial charge < -0.3 is 5.32 Å². The predicted octanol–water partition coefficient (Wildman–Crippen LogP) is 5.56. The second-order valence-electron chi connectivity index (χ2n) is 6.49. The summed E-state index contributed by atoms with van der Waals surface area (Å²) in [5, 5.41) is 13.5. The van der Waals surface area contributed by atoms with Gasteiger partial charge in [0.25, 0.3) is 0 Å². The first kappa shape index (κ1) is 19.1. The molecule has 4 nitrogen and oxygen atoms in total. The molecule has 1 heterocycles. The Labute approximate surface area is 172 Å². The van der Waals surface area contributed by atoms with Crippen LogP contribution in [0.5, 0.6) is 0 Å². The summed E-state index contributed by atoms with van der Waals surface area (Å²) in [5.74, 6) is -0.756. The molecule has 0 fully saturated rings. The smallest absolute Gasteiger partial charge is 0.237 e. The summed E-state index contributed by atoms with van der Waals surface area (Å²) in [6, 6.07) is 23.8. The van der Waals surface area contributed by atoms with E-state index in [1.54, 1.807) is 19.1 Å². The molecule has 29 heavy (non-hydrogen) atoms. The van der Waals surface area contributed by atoms with Gasteiger partial charge in [-0.05, 0) is 19.1 Å². The SMILES string of the molecule is C[C@H](Sc1nnc(-c2ccccc2)c2ccccc12)C(=O)Nc1ccccc1F. The largest absolute Gasteiger partial charge is 0.323 e. The third-order valence-electron chi connectivity index (χ3n) is 4.49. The van der Waals surface area contributed by atoms with Gasteiger partial charge in [0.2, 0.25) is 5.91 Å². The number of carbonyl (C=O) groups excluding carboxylic acids is 1. The number of thioether (sulfide) groups is 1. The van der Waals surface area contributed by atoms with Crippen molar-refractivity contribution in [3.05, 3.63) is 84.7 Å². The first-order chi connectivity index (χ1) is 14.1. The highest BCUT2D eigenvalue weighted by atomic mass is 32.2. The summed E-state index contributed by atoms with van der Waals surface area (Å²) >= 11 is 1.30. The van der Waals surface area contributed by atoms with Crippen molar-refractivity contribution in [1.29, 1.82) is 0 Å². The van der Waals surface area contributed by atoms with Crippen LogP contribution in [0.25, 0.3) is 22.0 Å². The molecule has 1 atom stereocenters.